The summed E-state index contributed by atoms with van der Waals surface area (Å²) in [6.07, 6.45) is 13.8. The molecule has 0 aliphatic heterocycles. The van der Waals surface area contributed by atoms with Gasteiger partial charge in [0.2, 0.25) is 0 Å². The SMILES string of the molecule is CC(C=CC1=C(C(C)O)CCC1(C)C)=CC=CC(C)=CCO. The van der Waals surface area contributed by atoms with Crippen LogP contribution in [-0.2, 0) is 0 Å². The maximum absolute atomic E-state index is 9.93. The summed E-state index contributed by atoms with van der Waals surface area (Å²) in [5, 5.41) is 18.7. The van der Waals surface area contributed by atoms with Gasteiger partial charge in [0.1, 0.15) is 0 Å². The number of aliphatic hydroxyl groups excluding tert-OH is 2. The molecule has 0 aromatic rings. The Morgan fingerprint density at radius 1 is 1.23 bits per heavy atom. The standard InChI is InChI=1S/C20H30O2/c1-15(7-6-8-16(2)12-14-21)9-10-19-18(17(3)22)11-13-20(19,4)5/h6-10,12,17,21-22H,11,13-14H2,1-5H3. The van der Waals surface area contributed by atoms with Crippen LogP contribution in [0.1, 0.15) is 47.5 Å². The van der Waals surface area contributed by atoms with E-state index < -0.39 is 0 Å². The summed E-state index contributed by atoms with van der Waals surface area (Å²) in [5.74, 6) is 0. The normalized spacial score (nSPS) is 21.4. The molecule has 0 heterocycles. The van der Waals surface area contributed by atoms with Crippen LogP contribution in [0.4, 0.5) is 0 Å². The molecule has 122 valence electrons. The molecule has 0 fully saturated rings. The van der Waals surface area contributed by atoms with Gasteiger partial charge in [0.15, 0.2) is 0 Å². The van der Waals surface area contributed by atoms with E-state index in [1.165, 1.54) is 11.1 Å². The summed E-state index contributed by atoms with van der Waals surface area (Å²) < 4.78 is 0. The lowest BCUT2D eigenvalue weighted by molar-refractivity contribution is 0.228. The van der Waals surface area contributed by atoms with Crippen LogP contribution in [0.3, 0.4) is 0 Å². The van der Waals surface area contributed by atoms with Crippen molar-refractivity contribution in [2.45, 2.75) is 53.6 Å². The molecule has 2 N–H and O–H groups in total. The number of hydrogen-bond donors (Lipinski definition) is 2. The molecular weight excluding hydrogens is 272 g/mol. The van der Waals surface area contributed by atoms with E-state index in [0.717, 1.165) is 24.0 Å². The molecule has 0 aromatic heterocycles. The van der Waals surface area contributed by atoms with Crippen molar-refractivity contribution >= 4 is 0 Å². The highest BCUT2D eigenvalue weighted by Gasteiger charge is 2.32. The molecule has 22 heavy (non-hydrogen) atoms. The highest BCUT2D eigenvalue weighted by Crippen LogP contribution is 2.44. The third-order valence-electron chi connectivity index (χ3n) is 4.24. The zero-order chi connectivity index (χ0) is 16.8. The van der Waals surface area contributed by atoms with Crippen LogP contribution >= 0.6 is 0 Å². The largest absolute Gasteiger partial charge is 0.392 e. The van der Waals surface area contributed by atoms with Gasteiger partial charge in [-0.2, -0.15) is 0 Å². The van der Waals surface area contributed by atoms with E-state index >= 15 is 0 Å². The topological polar surface area (TPSA) is 40.5 Å². The Morgan fingerprint density at radius 2 is 1.91 bits per heavy atom. The third-order valence-corrected chi connectivity index (χ3v) is 4.24. The maximum atomic E-state index is 9.93. The van der Waals surface area contributed by atoms with Crippen molar-refractivity contribution in [3.63, 3.8) is 0 Å². The van der Waals surface area contributed by atoms with Crippen molar-refractivity contribution in [1.82, 2.24) is 0 Å². The first-order valence-corrected chi connectivity index (χ1v) is 8.00. The summed E-state index contributed by atoms with van der Waals surface area (Å²) in [6, 6.07) is 0. The van der Waals surface area contributed by atoms with Crippen LogP contribution in [-0.4, -0.2) is 22.9 Å². The summed E-state index contributed by atoms with van der Waals surface area (Å²) in [4.78, 5) is 0. The summed E-state index contributed by atoms with van der Waals surface area (Å²) in [5.41, 5.74) is 4.79. The van der Waals surface area contributed by atoms with Crippen LogP contribution in [0.5, 0.6) is 0 Å². The van der Waals surface area contributed by atoms with Crippen molar-refractivity contribution < 1.29 is 10.2 Å². The number of allylic oxidation sites excluding steroid dienone is 8. The van der Waals surface area contributed by atoms with Crippen LogP contribution in [0.2, 0.25) is 0 Å². The Kier molecular flexibility index (Phi) is 7.05. The second kappa shape index (κ2) is 8.30. The van der Waals surface area contributed by atoms with Gasteiger partial charge in [-0.3, -0.25) is 0 Å². The fraction of sp³-hybridized carbons (Fsp3) is 0.500. The van der Waals surface area contributed by atoms with E-state index in [1.54, 1.807) is 6.08 Å². The minimum absolute atomic E-state index is 0.0735. The average Bonchev–Trinajstić information content (AvgIpc) is 2.72. The lowest BCUT2D eigenvalue weighted by Crippen LogP contribution is -2.10. The molecule has 1 atom stereocenters. The smallest absolute Gasteiger partial charge is 0.0727 e. The van der Waals surface area contributed by atoms with Crippen molar-refractivity contribution in [2.24, 2.45) is 5.41 Å². The highest BCUT2D eigenvalue weighted by atomic mass is 16.3. The van der Waals surface area contributed by atoms with Crippen molar-refractivity contribution in [3.8, 4) is 0 Å². The van der Waals surface area contributed by atoms with Gasteiger partial charge in [-0.15, -0.1) is 0 Å². The van der Waals surface area contributed by atoms with Crippen LogP contribution in [0, 0.1) is 5.41 Å². The van der Waals surface area contributed by atoms with E-state index in [4.69, 9.17) is 5.11 Å². The summed E-state index contributed by atoms with van der Waals surface area (Å²) in [6.45, 7) is 10.4. The lowest BCUT2D eigenvalue weighted by atomic mass is 9.84. The Balaban J connectivity index is 2.86. The quantitative estimate of drug-likeness (QED) is 0.710. The van der Waals surface area contributed by atoms with Crippen molar-refractivity contribution in [3.05, 3.63) is 58.7 Å². The first-order valence-electron chi connectivity index (χ1n) is 8.00. The Labute approximate surface area is 135 Å². The van der Waals surface area contributed by atoms with Gasteiger partial charge in [0, 0.05) is 0 Å². The monoisotopic (exact) mass is 302 g/mol. The van der Waals surface area contributed by atoms with Gasteiger partial charge in [-0.1, -0.05) is 61.4 Å². The average molecular weight is 302 g/mol. The zero-order valence-electron chi connectivity index (χ0n) is 14.6. The van der Waals surface area contributed by atoms with E-state index in [0.29, 0.717) is 0 Å². The van der Waals surface area contributed by atoms with E-state index in [9.17, 15) is 5.11 Å². The minimum Gasteiger partial charge on any atom is -0.392 e. The van der Waals surface area contributed by atoms with E-state index in [2.05, 4.69) is 39.0 Å². The molecule has 0 radical (unpaired) electrons. The van der Waals surface area contributed by atoms with Crippen LogP contribution < -0.4 is 0 Å². The zero-order valence-corrected chi connectivity index (χ0v) is 14.6. The van der Waals surface area contributed by atoms with Crippen molar-refractivity contribution in [1.29, 1.82) is 0 Å². The number of aliphatic hydroxyl groups is 2. The molecule has 1 aliphatic carbocycles. The summed E-state index contributed by atoms with van der Waals surface area (Å²) >= 11 is 0. The van der Waals surface area contributed by atoms with Gasteiger partial charge >= 0.3 is 0 Å². The molecule has 2 heteroatoms. The molecule has 0 spiro atoms. The first-order chi connectivity index (χ1) is 10.3. The number of rotatable bonds is 6. The van der Waals surface area contributed by atoms with Gasteiger partial charge in [-0.05, 0) is 50.2 Å². The van der Waals surface area contributed by atoms with Gasteiger partial charge in [0.05, 0.1) is 12.7 Å². The second-order valence-corrected chi connectivity index (χ2v) is 6.73. The molecule has 1 unspecified atom stereocenters. The molecule has 0 aromatic carbocycles. The fourth-order valence-corrected chi connectivity index (χ4v) is 2.75. The minimum atomic E-state index is -0.364. The molecule has 0 amide bonds. The molecule has 2 nitrogen and oxygen atoms in total. The second-order valence-electron chi connectivity index (χ2n) is 6.73. The predicted molar refractivity (Wildman–Crippen MR) is 94.6 cm³/mol. The van der Waals surface area contributed by atoms with Crippen molar-refractivity contribution in [2.75, 3.05) is 6.61 Å². The molecule has 1 aliphatic rings. The Morgan fingerprint density at radius 3 is 2.50 bits per heavy atom. The predicted octanol–water partition coefficient (Wildman–Crippen LogP) is 4.48. The van der Waals surface area contributed by atoms with Gasteiger partial charge in [-0.25, -0.2) is 0 Å². The van der Waals surface area contributed by atoms with E-state index in [-0.39, 0.29) is 18.1 Å². The molecule has 0 saturated carbocycles. The molecule has 0 bridgehead atoms. The van der Waals surface area contributed by atoms with Crippen LogP contribution in [0.25, 0.3) is 0 Å². The lowest BCUT2D eigenvalue weighted by Gasteiger charge is -2.21. The number of hydrogen-bond acceptors (Lipinski definition) is 2. The Hall–Kier alpha value is -1.38. The van der Waals surface area contributed by atoms with Crippen LogP contribution in [0.15, 0.2) is 58.7 Å². The van der Waals surface area contributed by atoms with E-state index in [1.807, 2.05) is 26.0 Å². The fourth-order valence-electron chi connectivity index (χ4n) is 2.75. The van der Waals surface area contributed by atoms with Gasteiger partial charge < -0.3 is 10.2 Å². The third kappa shape index (κ3) is 5.43. The highest BCUT2D eigenvalue weighted by molar-refractivity contribution is 5.40. The molecule has 1 rings (SSSR count). The first kappa shape index (κ1) is 18.7. The Bertz CT molecular complexity index is 526. The van der Waals surface area contributed by atoms with Gasteiger partial charge in [0.25, 0.3) is 0 Å². The maximum Gasteiger partial charge on any atom is 0.0727 e. The summed E-state index contributed by atoms with van der Waals surface area (Å²) in [7, 11) is 0. The molecular formula is C20H30O2. The molecule has 0 saturated heterocycles.